The molecule has 2 aliphatic carbocycles. The molecule has 3 rings (SSSR count). The van der Waals surface area contributed by atoms with E-state index in [9.17, 15) is 24.5 Å². The lowest BCUT2D eigenvalue weighted by molar-refractivity contribution is -0.383. The highest BCUT2D eigenvalue weighted by molar-refractivity contribution is 5.97. The van der Waals surface area contributed by atoms with Gasteiger partial charge in [-0.15, -0.1) is 0 Å². The maximum atomic E-state index is 12.5. The molecule has 1 unspecified atom stereocenters. The van der Waals surface area contributed by atoms with Gasteiger partial charge >= 0.3 is 5.97 Å². The normalized spacial score (nSPS) is 25.4. The Morgan fingerprint density at radius 1 is 1.22 bits per heavy atom. The van der Waals surface area contributed by atoms with Crippen LogP contribution in [0, 0.1) is 27.9 Å². The van der Waals surface area contributed by atoms with Crippen molar-refractivity contribution in [1.29, 1.82) is 0 Å². The maximum Gasteiger partial charge on any atom is 0.309 e. The van der Waals surface area contributed by atoms with Crippen LogP contribution in [0.5, 0.6) is 0 Å². The second-order valence-corrected chi connectivity index (χ2v) is 7.24. The van der Waals surface area contributed by atoms with E-state index in [1.165, 1.54) is 25.1 Å². The molecule has 144 valence electrons. The maximum absolute atomic E-state index is 12.5. The topological polar surface area (TPSA) is 116 Å². The van der Waals surface area contributed by atoms with Gasteiger partial charge in [0.05, 0.1) is 10.8 Å². The Kier molecular flexibility index (Phi) is 5.53. The van der Waals surface area contributed by atoms with Crippen molar-refractivity contribution in [3.63, 3.8) is 0 Å². The van der Waals surface area contributed by atoms with Gasteiger partial charge in [0.25, 0.3) is 11.6 Å². The highest BCUT2D eigenvalue weighted by Crippen LogP contribution is 2.40. The molecule has 0 spiro atoms. The average molecular weight is 374 g/mol. The summed E-state index contributed by atoms with van der Waals surface area (Å²) in [5, 5.41) is 13.5. The Morgan fingerprint density at radius 2 is 1.85 bits per heavy atom. The van der Waals surface area contributed by atoms with Crippen LogP contribution in [0.4, 0.5) is 11.4 Å². The number of carbonyl (C=O) groups excluding carboxylic acids is 3. The first-order chi connectivity index (χ1) is 12.9. The number of hydrogen-bond acceptors (Lipinski definition) is 6. The molecule has 8 heteroatoms. The molecule has 0 saturated heterocycles. The van der Waals surface area contributed by atoms with Crippen LogP contribution in [-0.2, 0) is 19.1 Å². The van der Waals surface area contributed by atoms with Gasteiger partial charge in [0, 0.05) is 17.9 Å². The van der Waals surface area contributed by atoms with Crippen molar-refractivity contribution in [1.82, 2.24) is 0 Å². The second kappa shape index (κ2) is 7.85. The van der Waals surface area contributed by atoms with E-state index in [2.05, 4.69) is 5.32 Å². The molecule has 2 bridgehead atoms. The average Bonchev–Trinajstić information content (AvgIpc) is 2.61. The number of ketones is 1. The Hall–Kier alpha value is -2.77. The molecule has 1 N–H and O–H groups in total. The number of nitro benzene ring substituents is 1. The second-order valence-electron chi connectivity index (χ2n) is 7.24. The molecule has 1 aromatic carbocycles. The Morgan fingerprint density at radius 3 is 2.48 bits per heavy atom. The van der Waals surface area contributed by atoms with Gasteiger partial charge in [-0.3, -0.25) is 24.5 Å². The largest absolute Gasteiger partial charge is 0.452 e. The number of esters is 1. The summed E-state index contributed by atoms with van der Waals surface area (Å²) in [7, 11) is 0. The highest BCUT2D eigenvalue weighted by Gasteiger charge is 2.42. The van der Waals surface area contributed by atoms with E-state index in [0.29, 0.717) is 12.8 Å². The quantitative estimate of drug-likeness (QED) is 0.481. The van der Waals surface area contributed by atoms with Gasteiger partial charge in [0.15, 0.2) is 6.10 Å². The molecule has 4 atom stereocenters. The van der Waals surface area contributed by atoms with E-state index >= 15 is 0 Å². The summed E-state index contributed by atoms with van der Waals surface area (Å²) < 4.78 is 5.29. The fourth-order valence-corrected chi connectivity index (χ4v) is 3.97. The molecule has 0 aromatic heterocycles. The minimum absolute atomic E-state index is 0.0493. The van der Waals surface area contributed by atoms with E-state index in [4.69, 9.17) is 4.74 Å². The molecule has 8 nitrogen and oxygen atoms in total. The predicted molar refractivity (Wildman–Crippen MR) is 95.8 cm³/mol. The summed E-state index contributed by atoms with van der Waals surface area (Å²) in [6.07, 6.45) is 2.51. The molecule has 1 amide bonds. The number of anilines is 1. The number of ether oxygens (including phenoxy) is 1. The Labute approximate surface area is 156 Å². The van der Waals surface area contributed by atoms with Crippen molar-refractivity contribution in [3.05, 3.63) is 34.4 Å². The van der Waals surface area contributed by atoms with Crippen molar-refractivity contribution in [3.8, 4) is 0 Å². The Balaban J connectivity index is 1.59. The SMILES string of the molecule is C[C@@H](OC(=O)C1C[C@H]2CCC[C@@H](C1)C2=O)C(=O)Nc1ccccc1[N+](=O)[O-]. The molecule has 2 fully saturated rings. The predicted octanol–water partition coefficient (Wildman–Crippen LogP) is 2.86. The van der Waals surface area contributed by atoms with Crippen molar-refractivity contribution < 1.29 is 24.0 Å². The fraction of sp³-hybridized carbons (Fsp3) is 0.526. The number of amides is 1. The van der Waals surface area contributed by atoms with Gasteiger partial charge in [0.1, 0.15) is 11.5 Å². The summed E-state index contributed by atoms with van der Waals surface area (Å²) >= 11 is 0. The van der Waals surface area contributed by atoms with E-state index in [0.717, 1.165) is 19.3 Å². The third-order valence-electron chi connectivity index (χ3n) is 5.40. The monoisotopic (exact) mass is 374 g/mol. The van der Waals surface area contributed by atoms with E-state index in [1.807, 2.05) is 0 Å². The van der Waals surface area contributed by atoms with Gasteiger partial charge in [-0.05, 0) is 38.7 Å². The van der Waals surface area contributed by atoms with E-state index < -0.39 is 22.9 Å². The highest BCUT2D eigenvalue weighted by atomic mass is 16.6. The van der Waals surface area contributed by atoms with Crippen molar-refractivity contribution in [2.75, 3.05) is 5.32 Å². The lowest BCUT2D eigenvalue weighted by Gasteiger charge is -2.36. The number of fused-ring (bicyclic) bond motifs is 2. The fourth-order valence-electron chi connectivity index (χ4n) is 3.97. The van der Waals surface area contributed by atoms with Crippen LogP contribution in [0.15, 0.2) is 24.3 Å². The number of hydrogen-bond donors (Lipinski definition) is 1. The molecule has 2 saturated carbocycles. The van der Waals surface area contributed by atoms with Crippen LogP contribution < -0.4 is 5.32 Å². The molecule has 0 heterocycles. The third-order valence-corrected chi connectivity index (χ3v) is 5.40. The summed E-state index contributed by atoms with van der Waals surface area (Å²) in [5.41, 5.74) is -0.184. The third kappa shape index (κ3) is 4.15. The molecular formula is C19H22N2O6. The zero-order valence-electron chi connectivity index (χ0n) is 15.1. The van der Waals surface area contributed by atoms with Crippen molar-refractivity contribution >= 4 is 29.0 Å². The van der Waals surface area contributed by atoms with Gasteiger partial charge in [-0.2, -0.15) is 0 Å². The van der Waals surface area contributed by atoms with Crippen LogP contribution >= 0.6 is 0 Å². The van der Waals surface area contributed by atoms with Crippen LogP contribution in [0.25, 0.3) is 0 Å². The lowest BCUT2D eigenvalue weighted by atomic mass is 9.67. The lowest BCUT2D eigenvalue weighted by Crippen LogP contribution is -2.41. The minimum Gasteiger partial charge on any atom is -0.452 e. The number of nitrogens with one attached hydrogen (secondary N) is 1. The molecule has 0 radical (unpaired) electrons. The summed E-state index contributed by atoms with van der Waals surface area (Å²) in [4.78, 5) is 47.3. The smallest absolute Gasteiger partial charge is 0.309 e. The number of Topliss-reactive ketones (excluding diaryl/α,β-unsaturated/α-hetero) is 1. The van der Waals surface area contributed by atoms with Gasteiger partial charge < -0.3 is 10.1 Å². The van der Waals surface area contributed by atoms with Crippen LogP contribution in [0.1, 0.15) is 39.0 Å². The molecule has 2 aliphatic rings. The number of nitro groups is 1. The van der Waals surface area contributed by atoms with Crippen LogP contribution in [0.2, 0.25) is 0 Å². The Bertz CT molecular complexity index is 761. The van der Waals surface area contributed by atoms with Gasteiger partial charge in [-0.25, -0.2) is 0 Å². The number of nitrogens with zero attached hydrogens (tertiary/aromatic N) is 1. The van der Waals surface area contributed by atoms with Gasteiger partial charge in [0.2, 0.25) is 0 Å². The standard InChI is InChI=1S/C19H22N2O6/c1-11(18(23)20-15-7-2-3-8-16(15)21(25)26)27-19(24)14-9-12-5-4-6-13(10-14)17(12)22/h2-3,7-8,11-14H,4-6,9-10H2,1H3,(H,20,23)/t11-,12-,13+,14?/m1/s1. The minimum atomic E-state index is -1.09. The number of para-hydroxylation sites is 2. The first-order valence-electron chi connectivity index (χ1n) is 9.15. The van der Waals surface area contributed by atoms with Crippen molar-refractivity contribution in [2.24, 2.45) is 17.8 Å². The number of carbonyl (C=O) groups is 3. The molecule has 1 aromatic rings. The molecule has 0 aliphatic heterocycles. The van der Waals surface area contributed by atoms with Gasteiger partial charge in [-0.1, -0.05) is 18.6 Å². The zero-order valence-corrected chi connectivity index (χ0v) is 15.1. The summed E-state index contributed by atoms with van der Waals surface area (Å²) in [5.74, 6) is -1.39. The van der Waals surface area contributed by atoms with E-state index in [1.54, 1.807) is 6.07 Å². The summed E-state index contributed by atoms with van der Waals surface area (Å²) in [6, 6.07) is 5.76. The molecular weight excluding hydrogens is 352 g/mol. The number of rotatable bonds is 5. The number of benzene rings is 1. The molecule has 27 heavy (non-hydrogen) atoms. The summed E-state index contributed by atoms with van der Waals surface area (Å²) in [6.45, 7) is 1.43. The first-order valence-corrected chi connectivity index (χ1v) is 9.15. The zero-order chi connectivity index (χ0) is 19.6. The van der Waals surface area contributed by atoms with Crippen molar-refractivity contribution in [2.45, 2.75) is 45.1 Å². The van der Waals surface area contributed by atoms with Crippen LogP contribution in [0.3, 0.4) is 0 Å². The van der Waals surface area contributed by atoms with Crippen LogP contribution in [-0.4, -0.2) is 28.7 Å². The van der Waals surface area contributed by atoms with E-state index in [-0.39, 0.29) is 34.9 Å². The first kappa shape index (κ1) is 19.0.